The maximum Gasteiger partial charge on any atom is 0.125 e. The lowest BCUT2D eigenvalue weighted by Gasteiger charge is -2.19. The van der Waals surface area contributed by atoms with E-state index in [4.69, 9.17) is 10.5 Å². The predicted octanol–water partition coefficient (Wildman–Crippen LogP) is 2.30. The molecule has 0 radical (unpaired) electrons. The highest BCUT2D eigenvalue weighted by molar-refractivity contribution is 5.50. The molecule has 0 heterocycles. The summed E-state index contributed by atoms with van der Waals surface area (Å²) in [4.78, 5) is 0. The first-order chi connectivity index (χ1) is 7.13. The maximum atomic E-state index is 5.87. The smallest absolute Gasteiger partial charge is 0.125 e. The Balaban J connectivity index is 2.54. The summed E-state index contributed by atoms with van der Waals surface area (Å²) in [6.07, 6.45) is 2.39. The van der Waals surface area contributed by atoms with Crippen molar-refractivity contribution < 1.29 is 4.74 Å². The molecular formula is C13H19NO. The number of methoxy groups -OCH3 is 1. The highest BCUT2D eigenvalue weighted by atomic mass is 16.5. The van der Waals surface area contributed by atoms with Crippen LogP contribution in [0.3, 0.4) is 0 Å². The molecule has 1 fully saturated rings. The minimum atomic E-state index is 0.210. The fraction of sp³-hybridized carbons (Fsp3) is 0.538. The maximum absolute atomic E-state index is 5.87. The second kappa shape index (κ2) is 3.53. The molecule has 0 saturated heterocycles. The molecule has 1 saturated carbocycles. The minimum absolute atomic E-state index is 0.210. The Hall–Kier alpha value is -1.02. The van der Waals surface area contributed by atoms with Crippen LogP contribution in [0.5, 0.6) is 5.75 Å². The Bertz CT molecular complexity index is 380. The van der Waals surface area contributed by atoms with E-state index >= 15 is 0 Å². The van der Waals surface area contributed by atoms with Crippen molar-refractivity contribution in [3.8, 4) is 5.75 Å². The Kier molecular flexibility index (Phi) is 2.47. The molecule has 2 heteroatoms. The van der Waals surface area contributed by atoms with Crippen LogP contribution < -0.4 is 10.5 Å². The molecule has 15 heavy (non-hydrogen) atoms. The summed E-state index contributed by atoms with van der Waals surface area (Å²) < 4.78 is 5.50. The van der Waals surface area contributed by atoms with Crippen molar-refractivity contribution in [2.75, 3.05) is 13.7 Å². The predicted molar refractivity (Wildman–Crippen MR) is 62.4 cm³/mol. The molecule has 0 amide bonds. The van der Waals surface area contributed by atoms with Gasteiger partial charge in [0.2, 0.25) is 0 Å². The van der Waals surface area contributed by atoms with Crippen molar-refractivity contribution in [3.05, 3.63) is 28.8 Å². The van der Waals surface area contributed by atoms with Gasteiger partial charge in [-0.1, -0.05) is 17.7 Å². The lowest BCUT2D eigenvalue weighted by molar-refractivity contribution is 0.401. The number of nitrogens with two attached hydrogens (primary N) is 1. The molecule has 0 spiro atoms. The summed E-state index contributed by atoms with van der Waals surface area (Å²) in [5, 5.41) is 0. The first-order valence-electron chi connectivity index (χ1n) is 5.49. The van der Waals surface area contributed by atoms with Crippen LogP contribution in [0.1, 0.15) is 29.5 Å². The molecule has 0 atom stereocenters. The molecule has 1 aromatic carbocycles. The van der Waals surface area contributed by atoms with Crippen LogP contribution in [-0.2, 0) is 5.41 Å². The third-order valence-electron chi connectivity index (χ3n) is 3.44. The van der Waals surface area contributed by atoms with E-state index in [1.807, 2.05) is 0 Å². The van der Waals surface area contributed by atoms with Gasteiger partial charge in [0.1, 0.15) is 5.75 Å². The number of rotatable bonds is 3. The van der Waals surface area contributed by atoms with E-state index in [0.29, 0.717) is 0 Å². The van der Waals surface area contributed by atoms with Crippen LogP contribution in [0, 0.1) is 13.8 Å². The topological polar surface area (TPSA) is 35.2 Å². The van der Waals surface area contributed by atoms with Gasteiger partial charge in [-0.2, -0.15) is 0 Å². The van der Waals surface area contributed by atoms with Crippen LogP contribution in [0.15, 0.2) is 12.1 Å². The molecule has 0 bridgehead atoms. The van der Waals surface area contributed by atoms with Crippen molar-refractivity contribution in [2.24, 2.45) is 5.73 Å². The second-order valence-electron chi connectivity index (χ2n) is 4.65. The Morgan fingerprint density at radius 2 is 2.00 bits per heavy atom. The quantitative estimate of drug-likeness (QED) is 0.821. The van der Waals surface area contributed by atoms with E-state index in [-0.39, 0.29) is 5.41 Å². The average molecular weight is 205 g/mol. The lowest BCUT2D eigenvalue weighted by atomic mass is 9.91. The molecule has 0 unspecified atom stereocenters. The normalized spacial score (nSPS) is 17.6. The van der Waals surface area contributed by atoms with Crippen LogP contribution in [0.4, 0.5) is 0 Å². The van der Waals surface area contributed by atoms with E-state index < -0.39 is 0 Å². The summed E-state index contributed by atoms with van der Waals surface area (Å²) in [5.74, 6) is 1.03. The van der Waals surface area contributed by atoms with E-state index in [1.165, 1.54) is 29.5 Å². The summed E-state index contributed by atoms with van der Waals surface area (Å²) in [6, 6.07) is 4.39. The number of aryl methyl sites for hydroxylation is 2. The lowest BCUT2D eigenvalue weighted by Crippen LogP contribution is -2.21. The molecule has 2 nitrogen and oxygen atoms in total. The fourth-order valence-corrected chi connectivity index (χ4v) is 2.35. The van der Waals surface area contributed by atoms with Gasteiger partial charge in [-0.25, -0.2) is 0 Å². The highest BCUT2D eigenvalue weighted by Gasteiger charge is 2.45. The van der Waals surface area contributed by atoms with Gasteiger partial charge in [-0.15, -0.1) is 0 Å². The molecule has 0 aromatic heterocycles. The van der Waals surface area contributed by atoms with Gasteiger partial charge in [0.25, 0.3) is 0 Å². The molecule has 82 valence electrons. The zero-order chi connectivity index (χ0) is 11.1. The molecule has 1 aliphatic carbocycles. The molecule has 1 aromatic rings. The largest absolute Gasteiger partial charge is 0.496 e. The number of benzene rings is 1. The van der Waals surface area contributed by atoms with Gasteiger partial charge in [-0.3, -0.25) is 0 Å². The van der Waals surface area contributed by atoms with Crippen molar-refractivity contribution >= 4 is 0 Å². The van der Waals surface area contributed by atoms with Gasteiger partial charge in [0.05, 0.1) is 7.11 Å². The van der Waals surface area contributed by atoms with Crippen molar-refractivity contribution in [1.82, 2.24) is 0 Å². The molecular weight excluding hydrogens is 186 g/mol. The van der Waals surface area contributed by atoms with Gasteiger partial charge in [0, 0.05) is 17.5 Å². The van der Waals surface area contributed by atoms with E-state index in [1.54, 1.807) is 7.11 Å². The third-order valence-corrected chi connectivity index (χ3v) is 3.44. The first-order valence-corrected chi connectivity index (χ1v) is 5.49. The van der Waals surface area contributed by atoms with Gasteiger partial charge < -0.3 is 10.5 Å². The van der Waals surface area contributed by atoms with Crippen molar-refractivity contribution in [3.63, 3.8) is 0 Å². The Morgan fingerprint density at radius 3 is 2.47 bits per heavy atom. The van der Waals surface area contributed by atoms with Crippen LogP contribution in [0.25, 0.3) is 0 Å². The van der Waals surface area contributed by atoms with Gasteiger partial charge in [0.15, 0.2) is 0 Å². The zero-order valence-electron chi connectivity index (χ0n) is 9.76. The average Bonchev–Trinajstić information content (AvgIpc) is 2.97. The Morgan fingerprint density at radius 1 is 1.33 bits per heavy atom. The summed E-state index contributed by atoms with van der Waals surface area (Å²) >= 11 is 0. The summed E-state index contributed by atoms with van der Waals surface area (Å²) in [7, 11) is 1.74. The number of hydrogen-bond donors (Lipinski definition) is 1. The monoisotopic (exact) mass is 205 g/mol. The highest BCUT2D eigenvalue weighted by Crippen LogP contribution is 2.51. The minimum Gasteiger partial charge on any atom is -0.496 e. The first kappa shape index (κ1) is 10.5. The standard InChI is InChI=1S/C13H19NO/c1-9-6-10(2)12(15-3)11(7-9)13(8-14)4-5-13/h6-7H,4-5,8,14H2,1-3H3. The van der Waals surface area contributed by atoms with Gasteiger partial charge in [-0.05, 0) is 32.3 Å². The van der Waals surface area contributed by atoms with Crippen molar-refractivity contribution in [2.45, 2.75) is 32.1 Å². The molecule has 1 aliphatic rings. The van der Waals surface area contributed by atoms with E-state index in [2.05, 4.69) is 26.0 Å². The van der Waals surface area contributed by atoms with Crippen LogP contribution >= 0.6 is 0 Å². The van der Waals surface area contributed by atoms with Crippen molar-refractivity contribution in [1.29, 1.82) is 0 Å². The number of ether oxygens (including phenoxy) is 1. The molecule has 2 rings (SSSR count). The second-order valence-corrected chi connectivity index (χ2v) is 4.65. The summed E-state index contributed by atoms with van der Waals surface area (Å²) in [6.45, 7) is 4.96. The number of hydrogen-bond acceptors (Lipinski definition) is 2. The van der Waals surface area contributed by atoms with Crippen LogP contribution in [0.2, 0.25) is 0 Å². The van der Waals surface area contributed by atoms with E-state index in [9.17, 15) is 0 Å². The van der Waals surface area contributed by atoms with Crippen LogP contribution in [-0.4, -0.2) is 13.7 Å². The molecule has 2 N–H and O–H groups in total. The Labute approximate surface area is 91.4 Å². The van der Waals surface area contributed by atoms with Gasteiger partial charge >= 0.3 is 0 Å². The van der Waals surface area contributed by atoms with E-state index in [0.717, 1.165) is 12.3 Å². The molecule has 0 aliphatic heterocycles. The third kappa shape index (κ3) is 1.63. The fourth-order valence-electron chi connectivity index (χ4n) is 2.35. The zero-order valence-corrected chi connectivity index (χ0v) is 9.76. The SMILES string of the molecule is COc1c(C)cc(C)cc1C1(CN)CC1. The summed E-state index contributed by atoms with van der Waals surface area (Å²) in [5.41, 5.74) is 9.90.